The highest BCUT2D eigenvalue weighted by molar-refractivity contribution is 5.59. The number of para-hydroxylation sites is 1. The molecule has 0 radical (unpaired) electrons. The van der Waals surface area contributed by atoms with Crippen molar-refractivity contribution in [3.63, 3.8) is 0 Å². The smallest absolute Gasteiger partial charge is 0.101 e. The molecule has 96 valence electrons. The number of aliphatic hydroxyl groups is 1. The van der Waals surface area contributed by atoms with E-state index in [0.29, 0.717) is 11.6 Å². The van der Waals surface area contributed by atoms with E-state index in [9.17, 15) is 0 Å². The molecule has 2 unspecified atom stereocenters. The van der Waals surface area contributed by atoms with Crippen LogP contribution in [0.4, 0.5) is 5.69 Å². The molecule has 1 fully saturated rings. The molecule has 1 aliphatic heterocycles. The predicted octanol–water partition coefficient (Wildman–Crippen LogP) is 1.11. The molecule has 0 spiro atoms. The van der Waals surface area contributed by atoms with Crippen LogP contribution in [0.1, 0.15) is 18.9 Å². The van der Waals surface area contributed by atoms with Crippen molar-refractivity contribution in [2.24, 2.45) is 0 Å². The fourth-order valence-corrected chi connectivity index (χ4v) is 2.55. The lowest BCUT2D eigenvalue weighted by Crippen LogP contribution is -2.56. The third-order valence-electron chi connectivity index (χ3n) is 3.30. The summed E-state index contributed by atoms with van der Waals surface area (Å²) in [4.78, 5) is 2.24. The molecule has 0 amide bonds. The van der Waals surface area contributed by atoms with Crippen LogP contribution < -0.4 is 10.2 Å². The molecule has 0 aliphatic carbocycles. The lowest BCUT2D eigenvalue weighted by atomic mass is 10.1. The summed E-state index contributed by atoms with van der Waals surface area (Å²) in [6, 6.07) is 10.6. The van der Waals surface area contributed by atoms with Crippen molar-refractivity contribution in [2.75, 3.05) is 24.6 Å². The molecule has 4 nitrogen and oxygen atoms in total. The van der Waals surface area contributed by atoms with Gasteiger partial charge in [-0.25, -0.2) is 0 Å². The van der Waals surface area contributed by atoms with E-state index in [0.717, 1.165) is 25.2 Å². The molecule has 0 saturated carbocycles. The SMILES string of the molecule is CC1CN(c2ccccc2C#N)CC(CCO)N1. The standard InChI is InChI=1S/C14H19N3O/c1-11-9-17(10-13(16-11)6-7-18)14-5-3-2-4-12(14)8-15/h2-5,11,13,16,18H,6-7,9-10H2,1H3. The second kappa shape index (κ2) is 5.85. The Bertz CT molecular complexity index is 441. The first kappa shape index (κ1) is 12.9. The topological polar surface area (TPSA) is 59.3 Å². The van der Waals surface area contributed by atoms with E-state index in [2.05, 4.69) is 23.2 Å². The highest BCUT2D eigenvalue weighted by atomic mass is 16.3. The van der Waals surface area contributed by atoms with Crippen LogP contribution in [0.25, 0.3) is 0 Å². The Morgan fingerprint density at radius 2 is 2.22 bits per heavy atom. The zero-order valence-electron chi connectivity index (χ0n) is 10.6. The van der Waals surface area contributed by atoms with Gasteiger partial charge in [-0.2, -0.15) is 5.26 Å². The third-order valence-corrected chi connectivity index (χ3v) is 3.30. The average molecular weight is 245 g/mol. The summed E-state index contributed by atoms with van der Waals surface area (Å²) in [5.74, 6) is 0. The van der Waals surface area contributed by atoms with Crippen LogP contribution in [-0.4, -0.2) is 36.9 Å². The molecule has 0 bridgehead atoms. The van der Waals surface area contributed by atoms with Crippen LogP contribution in [0.3, 0.4) is 0 Å². The van der Waals surface area contributed by atoms with Crippen molar-refractivity contribution in [3.05, 3.63) is 29.8 Å². The molecule has 2 atom stereocenters. The van der Waals surface area contributed by atoms with Gasteiger partial charge in [0.25, 0.3) is 0 Å². The maximum Gasteiger partial charge on any atom is 0.101 e. The molecular weight excluding hydrogens is 226 g/mol. The number of anilines is 1. The summed E-state index contributed by atoms with van der Waals surface area (Å²) in [5.41, 5.74) is 1.71. The van der Waals surface area contributed by atoms with Gasteiger partial charge in [0.15, 0.2) is 0 Å². The van der Waals surface area contributed by atoms with E-state index in [1.165, 1.54) is 0 Å². The maximum absolute atomic E-state index is 9.15. The first-order chi connectivity index (χ1) is 8.74. The summed E-state index contributed by atoms with van der Waals surface area (Å²) in [6.07, 6.45) is 0.746. The minimum absolute atomic E-state index is 0.193. The predicted molar refractivity (Wildman–Crippen MR) is 71.5 cm³/mol. The van der Waals surface area contributed by atoms with Gasteiger partial charge in [0.2, 0.25) is 0 Å². The molecule has 2 N–H and O–H groups in total. The Morgan fingerprint density at radius 1 is 1.44 bits per heavy atom. The number of piperazine rings is 1. The molecule has 1 aromatic rings. The fourth-order valence-electron chi connectivity index (χ4n) is 2.55. The monoisotopic (exact) mass is 245 g/mol. The van der Waals surface area contributed by atoms with E-state index in [4.69, 9.17) is 10.4 Å². The Balaban J connectivity index is 2.19. The van der Waals surface area contributed by atoms with Gasteiger partial charge >= 0.3 is 0 Å². The van der Waals surface area contributed by atoms with E-state index < -0.39 is 0 Å². The lowest BCUT2D eigenvalue weighted by molar-refractivity contribution is 0.250. The minimum atomic E-state index is 0.193. The van der Waals surface area contributed by atoms with Crippen LogP contribution >= 0.6 is 0 Å². The second-order valence-corrected chi connectivity index (χ2v) is 4.81. The number of hydrogen-bond donors (Lipinski definition) is 2. The third kappa shape index (κ3) is 2.81. The van der Waals surface area contributed by atoms with E-state index in [1.54, 1.807) is 0 Å². The van der Waals surface area contributed by atoms with Crippen molar-refractivity contribution in [3.8, 4) is 6.07 Å². The van der Waals surface area contributed by atoms with E-state index >= 15 is 0 Å². The average Bonchev–Trinajstić information content (AvgIpc) is 2.38. The van der Waals surface area contributed by atoms with E-state index in [-0.39, 0.29) is 12.6 Å². The highest BCUT2D eigenvalue weighted by Crippen LogP contribution is 2.22. The molecule has 1 aromatic carbocycles. The van der Waals surface area contributed by atoms with Crippen LogP contribution in [0.5, 0.6) is 0 Å². The first-order valence-electron chi connectivity index (χ1n) is 6.35. The van der Waals surface area contributed by atoms with Gasteiger partial charge in [-0.05, 0) is 25.5 Å². The molecule has 2 rings (SSSR count). The number of nitriles is 1. The Morgan fingerprint density at radius 3 is 2.94 bits per heavy atom. The quantitative estimate of drug-likeness (QED) is 0.837. The number of aliphatic hydroxyl groups excluding tert-OH is 1. The van der Waals surface area contributed by atoms with Gasteiger partial charge < -0.3 is 15.3 Å². The van der Waals surface area contributed by atoms with Crippen molar-refractivity contribution in [1.29, 1.82) is 5.26 Å². The van der Waals surface area contributed by atoms with Crippen molar-refractivity contribution in [1.82, 2.24) is 5.32 Å². The van der Waals surface area contributed by atoms with Gasteiger partial charge in [-0.1, -0.05) is 12.1 Å². The van der Waals surface area contributed by atoms with Crippen molar-refractivity contribution in [2.45, 2.75) is 25.4 Å². The summed E-state index contributed by atoms with van der Waals surface area (Å²) in [6.45, 7) is 4.05. The van der Waals surface area contributed by atoms with Crippen molar-refractivity contribution < 1.29 is 5.11 Å². The summed E-state index contributed by atoms with van der Waals surface area (Å²) in [7, 11) is 0. The number of benzene rings is 1. The maximum atomic E-state index is 9.15. The zero-order chi connectivity index (χ0) is 13.0. The number of hydrogen-bond acceptors (Lipinski definition) is 4. The first-order valence-corrected chi connectivity index (χ1v) is 6.35. The normalized spacial score (nSPS) is 23.7. The zero-order valence-corrected chi connectivity index (χ0v) is 10.6. The van der Waals surface area contributed by atoms with Gasteiger partial charge in [0.1, 0.15) is 6.07 Å². The van der Waals surface area contributed by atoms with Crippen molar-refractivity contribution >= 4 is 5.69 Å². The Hall–Kier alpha value is -1.57. The molecule has 4 heteroatoms. The molecule has 1 heterocycles. The Kier molecular flexibility index (Phi) is 4.19. The number of rotatable bonds is 3. The van der Waals surface area contributed by atoms with Crippen LogP contribution in [-0.2, 0) is 0 Å². The van der Waals surface area contributed by atoms with Gasteiger partial charge in [-0.3, -0.25) is 0 Å². The fraction of sp³-hybridized carbons (Fsp3) is 0.500. The van der Waals surface area contributed by atoms with Crippen LogP contribution in [0.15, 0.2) is 24.3 Å². The molecule has 18 heavy (non-hydrogen) atoms. The molecule has 0 aromatic heterocycles. The summed E-state index contributed by atoms with van der Waals surface area (Å²) < 4.78 is 0. The lowest BCUT2D eigenvalue weighted by Gasteiger charge is -2.39. The summed E-state index contributed by atoms with van der Waals surface area (Å²) >= 11 is 0. The van der Waals surface area contributed by atoms with Gasteiger partial charge in [0, 0.05) is 31.8 Å². The molecular formula is C14H19N3O. The van der Waals surface area contributed by atoms with Crippen LogP contribution in [0.2, 0.25) is 0 Å². The van der Waals surface area contributed by atoms with Gasteiger partial charge in [-0.15, -0.1) is 0 Å². The second-order valence-electron chi connectivity index (χ2n) is 4.81. The van der Waals surface area contributed by atoms with Crippen LogP contribution in [0, 0.1) is 11.3 Å². The van der Waals surface area contributed by atoms with E-state index in [1.807, 2.05) is 24.3 Å². The highest BCUT2D eigenvalue weighted by Gasteiger charge is 2.24. The minimum Gasteiger partial charge on any atom is -0.396 e. The summed E-state index contributed by atoms with van der Waals surface area (Å²) in [5, 5.41) is 21.7. The molecule has 1 saturated heterocycles. The number of nitrogens with one attached hydrogen (secondary N) is 1. The molecule has 1 aliphatic rings. The largest absolute Gasteiger partial charge is 0.396 e. The number of nitrogens with zero attached hydrogens (tertiary/aromatic N) is 2. The van der Waals surface area contributed by atoms with Gasteiger partial charge in [0.05, 0.1) is 11.3 Å². The Labute approximate surface area is 108 Å².